The highest BCUT2D eigenvalue weighted by Gasteiger charge is 2.18. The van der Waals surface area contributed by atoms with Crippen molar-refractivity contribution in [2.45, 2.75) is 51.7 Å². The average molecular weight is 265 g/mol. The fourth-order valence-corrected chi connectivity index (χ4v) is 1.87. The van der Waals surface area contributed by atoms with Gasteiger partial charge in [-0.05, 0) is 37.3 Å². The maximum absolute atomic E-state index is 11.8. The summed E-state index contributed by atoms with van der Waals surface area (Å²) in [6, 6.07) is 8.23. The molecular formula is C15H23NOS. The highest BCUT2D eigenvalue weighted by molar-refractivity contribution is 7.85. The lowest BCUT2D eigenvalue weighted by atomic mass is 9.87. The predicted octanol–water partition coefficient (Wildman–Crippen LogP) is 3.87. The van der Waals surface area contributed by atoms with Crippen LogP contribution in [-0.2, 0) is 16.4 Å². The Labute approximate surface area is 113 Å². The minimum atomic E-state index is -1.19. The molecule has 3 heteroatoms. The zero-order valence-electron chi connectivity index (χ0n) is 12.2. The average Bonchev–Trinajstić information content (AvgIpc) is 2.24. The third kappa shape index (κ3) is 4.37. The lowest BCUT2D eigenvalue weighted by Gasteiger charge is -2.18. The van der Waals surface area contributed by atoms with E-state index >= 15 is 0 Å². The van der Waals surface area contributed by atoms with Gasteiger partial charge in [0.25, 0.3) is 0 Å². The van der Waals surface area contributed by atoms with Crippen LogP contribution in [0.1, 0.15) is 52.7 Å². The molecule has 0 unspecified atom stereocenters. The Kier molecular flexibility index (Phi) is 4.49. The molecule has 1 aromatic rings. The molecular weight excluding hydrogens is 242 g/mol. The Bertz CT molecular complexity index is 447. The number of hydrogen-bond donors (Lipinski definition) is 0. The summed E-state index contributed by atoms with van der Waals surface area (Å²) in [6.07, 6.45) is 1.69. The SMILES string of the molecule is CC(C)(C)c1ccc(/C=N/[S@@](=O)C(C)(C)C)cc1. The molecule has 0 fully saturated rings. The third-order valence-corrected chi connectivity index (χ3v) is 3.94. The fourth-order valence-electron chi connectivity index (χ4n) is 1.34. The largest absolute Gasteiger partial charge is 0.234 e. The smallest absolute Gasteiger partial charge is 0.144 e. The quantitative estimate of drug-likeness (QED) is 0.746. The highest BCUT2D eigenvalue weighted by Crippen LogP contribution is 2.22. The third-order valence-electron chi connectivity index (χ3n) is 2.60. The van der Waals surface area contributed by atoms with Gasteiger partial charge in [-0.3, -0.25) is 0 Å². The Morgan fingerprint density at radius 2 is 1.50 bits per heavy atom. The van der Waals surface area contributed by atoms with Crippen LogP contribution in [0.5, 0.6) is 0 Å². The number of benzene rings is 1. The van der Waals surface area contributed by atoms with Gasteiger partial charge in [-0.25, -0.2) is 4.21 Å². The number of nitrogens with zero attached hydrogens (tertiary/aromatic N) is 1. The van der Waals surface area contributed by atoms with E-state index < -0.39 is 11.0 Å². The Hall–Kier alpha value is -0.960. The van der Waals surface area contributed by atoms with E-state index in [0.717, 1.165) is 5.56 Å². The van der Waals surface area contributed by atoms with Gasteiger partial charge in [-0.1, -0.05) is 45.0 Å². The first kappa shape index (κ1) is 15.1. The standard InChI is InChI=1S/C15H23NOS/c1-14(2,3)13-9-7-12(8-10-13)11-16-18(17)15(4,5)6/h7-11H,1-6H3/b16-11+/t18-/m0/s1. The summed E-state index contributed by atoms with van der Waals surface area (Å²) in [7, 11) is -1.19. The van der Waals surface area contributed by atoms with Crippen LogP contribution >= 0.6 is 0 Å². The van der Waals surface area contributed by atoms with Gasteiger partial charge in [0.15, 0.2) is 0 Å². The van der Waals surface area contributed by atoms with Crippen LogP contribution in [0.25, 0.3) is 0 Å². The van der Waals surface area contributed by atoms with Crippen molar-refractivity contribution < 1.29 is 4.21 Å². The lowest BCUT2D eigenvalue weighted by molar-refractivity contribution is 0.590. The molecule has 2 nitrogen and oxygen atoms in total. The minimum Gasteiger partial charge on any atom is -0.234 e. The second-order valence-corrected chi connectivity index (χ2v) is 8.40. The van der Waals surface area contributed by atoms with E-state index in [1.165, 1.54) is 5.56 Å². The van der Waals surface area contributed by atoms with Gasteiger partial charge in [-0.15, -0.1) is 0 Å². The molecule has 0 saturated heterocycles. The molecule has 1 aromatic carbocycles. The molecule has 0 bridgehead atoms. The lowest BCUT2D eigenvalue weighted by Crippen LogP contribution is -2.19. The van der Waals surface area contributed by atoms with Crippen LogP contribution in [0.2, 0.25) is 0 Å². The van der Waals surface area contributed by atoms with Crippen molar-refractivity contribution in [3.63, 3.8) is 0 Å². The van der Waals surface area contributed by atoms with E-state index in [4.69, 9.17) is 0 Å². The molecule has 0 aromatic heterocycles. The molecule has 0 radical (unpaired) electrons. The molecule has 18 heavy (non-hydrogen) atoms. The molecule has 0 aliphatic heterocycles. The van der Waals surface area contributed by atoms with Crippen molar-refractivity contribution in [1.29, 1.82) is 0 Å². The summed E-state index contributed by atoms with van der Waals surface area (Å²) >= 11 is 0. The summed E-state index contributed by atoms with van der Waals surface area (Å²) < 4.78 is 15.6. The summed E-state index contributed by atoms with van der Waals surface area (Å²) in [5.74, 6) is 0. The molecule has 0 amide bonds. The van der Waals surface area contributed by atoms with Crippen LogP contribution < -0.4 is 0 Å². The van der Waals surface area contributed by atoms with Crippen LogP contribution in [0.15, 0.2) is 28.7 Å². The van der Waals surface area contributed by atoms with E-state index in [0.29, 0.717) is 0 Å². The summed E-state index contributed by atoms with van der Waals surface area (Å²) in [4.78, 5) is 0. The van der Waals surface area contributed by atoms with Crippen LogP contribution in [-0.4, -0.2) is 15.2 Å². The first-order valence-corrected chi connectivity index (χ1v) is 7.28. The first-order chi connectivity index (χ1) is 8.10. The van der Waals surface area contributed by atoms with Gasteiger partial charge in [-0.2, -0.15) is 4.40 Å². The van der Waals surface area contributed by atoms with Crippen molar-refractivity contribution in [2.24, 2.45) is 4.40 Å². The van der Waals surface area contributed by atoms with Crippen LogP contribution in [0, 0.1) is 0 Å². The molecule has 0 N–H and O–H groups in total. The minimum absolute atomic E-state index is 0.157. The summed E-state index contributed by atoms with van der Waals surface area (Å²) in [6.45, 7) is 12.3. The number of hydrogen-bond acceptors (Lipinski definition) is 1. The van der Waals surface area contributed by atoms with Crippen molar-refractivity contribution >= 4 is 17.2 Å². The molecule has 0 aliphatic carbocycles. The van der Waals surface area contributed by atoms with E-state index in [1.807, 2.05) is 32.9 Å². The van der Waals surface area contributed by atoms with E-state index in [-0.39, 0.29) is 10.2 Å². The van der Waals surface area contributed by atoms with E-state index in [9.17, 15) is 4.21 Å². The topological polar surface area (TPSA) is 29.4 Å². The Balaban J connectivity index is 2.82. The van der Waals surface area contributed by atoms with Gasteiger partial charge in [0.2, 0.25) is 0 Å². The Morgan fingerprint density at radius 1 is 1.00 bits per heavy atom. The van der Waals surface area contributed by atoms with E-state index in [1.54, 1.807) is 6.21 Å². The predicted molar refractivity (Wildman–Crippen MR) is 80.6 cm³/mol. The molecule has 0 heterocycles. The fraction of sp³-hybridized carbons (Fsp3) is 0.533. The maximum Gasteiger partial charge on any atom is 0.144 e. The molecule has 0 aliphatic rings. The van der Waals surface area contributed by atoms with Crippen molar-refractivity contribution in [3.05, 3.63) is 35.4 Å². The number of rotatable bonds is 2. The van der Waals surface area contributed by atoms with Crippen molar-refractivity contribution in [1.82, 2.24) is 0 Å². The molecule has 1 atom stereocenters. The normalized spacial score (nSPS) is 15.0. The van der Waals surface area contributed by atoms with Gasteiger partial charge in [0, 0.05) is 6.21 Å². The highest BCUT2D eigenvalue weighted by atomic mass is 32.2. The van der Waals surface area contributed by atoms with Crippen molar-refractivity contribution in [3.8, 4) is 0 Å². The van der Waals surface area contributed by atoms with Crippen LogP contribution in [0.4, 0.5) is 0 Å². The van der Waals surface area contributed by atoms with Gasteiger partial charge >= 0.3 is 0 Å². The molecule has 100 valence electrons. The van der Waals surface area contributed by atoms with Gasteiger partial charge in [0.05, 0.1) is 4.75 Å². The van der Waals surface area contributed by atoms with Gasteiger partial charge < -0.3 is 0 Å². The summed E-state index contributed by atoms with van der Waals surface area (Å²) in [5.41, 5.74) is 2.43. The van der Waals surface area contributed by atoms with Crippen molar-refractivity contribution in [2.75, 3.05) is 0 Å². The Morgan fingerprint density at radius 3 is 1.89 bits per heavy atom. The van der Waals surface area contributed by atoms with Crippen LogP contribution in [0.3, 0.4) is 0 Å². The molecule has 0 spiro atoms. The zero-order valence-corrected chi connectivity index (χ0v) is 13.0. The van der Waals surface area contributed by atoms with Gasteiger partial charge in [0.1, 0.15) is 11.0 Å². The first-order valence-electron chi connectivity index (χ1n) is 6.17. The van der Waals surface area contributed by atoms with E-state index in [2.05, 4.69) is 37.3 Å². The maximum atomic E-state index is 11.8. The molecule has 0 saturated carbocycles. The monoisotopic (exact) mass is 265 g/mol. The second-order valence-electron chi connectivity index (χ2n) is 6.47. The second kappa shape index (κ2) is 5.35. The zero-order chi connectivity index (χ0) is 14.0. The summed E-state index contributed by atoms with van der Waals surface area (Å²) in [5, 5.41) is 0. The molecule has 1 rings (SSSR count).